The van der Waals surface area contributed by atoms with Crippen molar-refractivity contribution in [3.8, 4) is 0 Å². The van der Waals surface area contributed by atoms with Crippen LogP contribution >= 0.6 is 11.6 Å². The number of hydrogen-bond donors (Lipinski definition) is 1. The second-order valence-electron chi connectivity index (χ2n) is 8.14. The summed E-state index contributed by atoms with van der Waals surface area (Å²) in [5.41, 5.74) is 0.798. The zero-order chi connectivity index (χ0) is 25.2. The fourth-order valence-corrected chi connectivity index (χ4v) is 5.81. The SMILES string of the molecule is Cc1noc(/C=C/c2ccc(F)cc2F)c1S(=O)(=O)N1CCC(C(=O)Nc2cccc(Cl)c2)CC1. The molecule has 0 atom stereocenters. The van der Waals surface area contributed by atoms with Crippen molar-refractivity contribution in [3.05, 3.63) is 76.1 Å². The third-order valence-electron chi connectivity index (χ3n) is 5.72. The molecule has 11 heteroatoms. The summed E-state index contributed by atoms with van der Waals surface area (Å²) in [6.07, 6.45) is 3.25. The van der Waals surface area contributed by atoms with E-state index in [9.17, 15) is 22.0 Å². The van der Waals surface area contributed by atoms with Crippen molar-refractivity contribution >= 4 is 45.4 Å². The van der Waals surface area contributed by atoms with Gasteiger partial charge in [-0.25, -0.2) is 17.2 Å². The van der Waals surface area contributed by atoms with E-state index in [4.69, 9.17) is 16.1 Å². The normalized spacial score (nSPS) is 15.5. The topological polar surface area (TPSA) is 92.5 Å². The standard InChI is InChI=1S/C24H22ClF2N3O4S/c1-15-23(22(34-29-15)8-6-16-5-7-19(26)14-21(16)27)35(32,33)30-11-9-17(10-12-30)24(31)28-20-4-2-3-18(25)13-20/h2-8,13-14,17H,9-12H2,1H3,(H,28,31)/b8-6+. The highest BCUT2D eigenvalue weighted by atomic mass is 35.5. The van der Waals surface area contributed by atoms with Gasteiger partial charge in [0.1, 0.15) is 17.3 Å². The molecule has 1 aliphatic rings. The molecule has 0 spiro atoms. The Bertz CT molecular complexity index is 1380. The second-order valence-corrected chi connectivity index (χ2v) is 10.4. The Balaban J connectivity index is 1.46. The van der Waals surface area contributed by atoms with E-state index in [0.717, 1.165) is 12.1 Å². The van der Waals surface area contributed by atoms with E-state index in [1.807, 2.05) is 0 Å². The molecule has 0 bridgehead atoms. The third kappa shape index (κ3) is 5.61. The van der Waals surface area contributed by atoms with Crippen molar-refractivity contribution in [3.63, 3.8) is 0 Å². The van der Waals surface area contributed by atoms with E-state index in [0.29, 0.717) is 23.6 Å². The van der Waals surface area contributed by atoms with Crippen molar-refractivity contribution in [2.24, 2.45) is 5.92 Å². The molecule has 7 nitrogen and oxygen atoms in total. The van der Waals surface area contributed by atoms with Crippen molar-refractivity contribution < 1.29 is 26.5 Å². The number of nitrogens with zero attached hydrogens (tertiary/aromatic N) is 2. The number of piperidine rings is 1. The Kier molecular flexibility index (Phi) is 7.34. The summed E-state index contributed by atoms with van der Waals surface area (Å²) >= 11 is 5.95. The number of anilines is 1. The first-order valence-corrected chi connectivity index (χ1v) is 12.6. The number of halogens is 3. The van der Waals surface area contributed by atoms with Crippen molar-refractivity contribution in [1.29, 1.82) is 0 Å². The number of rotatable bonds is 6. The molecule has 0 radical (unpaired) electrons. The lowest BCUT2D eigenvalue weighted by atomic mass is 9.97. The number of aryl methyl sites for hydroxylation is 1. The van der Waals surface area contributed by atoms with E-state index < -0.39 is 21.7 Å². The Hall–Kier alpha value is -3.08. The van der Waals surface area contributed by atoms with Gasteiger partial charge >= 0.3 is 0 Å². The first-order valence-electron chi connectivity index (χ1n) is 10.8. The van der Waals surface area contributed by atoms with Crippen molar-refractivity contribution in [2.45, 2.75) is 24.7 Å². The molecular weight excluding hydrogens is 500 g/mol. The molecule has 1 amide bonds. The fraction of sp³-hybridized carbons (Fsp3) is 0.250. The first-order chi connectivity index (χ1) is 16.6. The number of benzene rings is 2. The largest absolute Gasteiger partial charge is 0.355 e. The molecule has 0 aliphatic carbocycles. The molecule has 1 saturated heterocycles. The van der Waals surface area contributed by atoms with Gasteiger partial charge < -0.3 is 9.84 Å². The van der Waals surface area contributed by atoms with Crippen LogP contribution in [-0.2, 0) is 14.8 Å². The van der Waals surface area contributed by atoms with Gasteiger partial charge in [0.15, 0.2) is 10.7 Å². The minimum absolute atomic E-state index is 0.0629. The molecular formula is C24H22ClF2N3O4S. The Morgan fingerprint density at radius 3 is 2.60 bits per heavy atom. The van der Waals surface area contributed by atoms with E-state index >= 15 is 0 Å². The Labute approximate surface area is 206 Å². The second kappa shape index (κ2) is 10.3. The van der Waals surface area contributed by atoms with Crippen LogP contribution in [0, 0.1) is 24.5 Å². The summed E-state index contributed by atoms with van der Waals surface area (Å²) < 4.78 is 60.3. The minimum atomic E-state index is -3.99. The fourth-order valence-electron chi connectivity index (χ4n) is 3.90. The molecule has 1 fully saturated rings. The first kappa shape index (κ1) is 25.0. The summed E-state index contributed by atoms with van der Waals surface area (Å²) in [5.74, 6) is -2.13. The highest BCUT2D eigenvalue weighted by Gasteiger charge is 2.36. The van der Waals surface area contributed by atoms with Crippen LogP contribution in [0.3, 0.4) is 0 Å². The average molecular weight is 522 g/mol. The van der Waals surface area contributed by atoms with Crippen LogP contribution in [0.15, 0.2) is 51.9 Å². The molecule has 0 saturated carbocycles. The van der Waals surface area contributed by atoms with Gasteiger partial charge in [-0.3, -0.25) is 4.79 Å². The Morgan fingerprint density at radius 1 is 1.17 bits per heavy atom. The summed E-state index contributed by atoms with van der Waals surface area (Å²) in [6, 6.07) is 9.86. The number of hydrogen-bond acceptors (Lipinski definition) is 5. The monoisotopic (exact) mass is 521 g/mol. The lowest BCUT2D eigenvalue weighted by Crippen LogP contribution is -2.41. The third-order valence-corrected chi connectivity index (χ3v) is 8.02. The maximum atomic E-state index is 13.9. The molecule has 35 heavy (non-hydrogen) atoms. The van der Waals surface area contributed by atoms with Gasteiger partial charge in [-0.05, 0) is 62.2 Å². The van der Waals surface area contributed by atoms with E-state index in [1.165, 1.54) is 29.4 Å². The number of carbonyl (C=O) groups excluding carboxylic acids is 1. The highest BCUT2D eigenvalue weighted by molar-refractivity contribution is 7.89. The zero-order valence-electron chi connectivity index (χ0n) is 18.7. The molecule has 4 rings (SSSR count). The predicted octanol–water partition coefficient (Wildman–Crippen LogP) is 5.12. The van der Waals surface area contributed by atoms with Gasteiger partial charge in [0, 0.05) is 41.3 Å². The van der Waals surface area contributed by atoms with Crippen LogP contribution in [0.2, 0.25) is 5.02 Å². The maximum absolute atomic E-state index is 13.9. The van der Waals surface area contributed by atoms with E-state index in [-0.39, 0.29) is 46.8 Å². The van der Waals surface area contributed by atoms with Crippen LogP contribution in [0.5, 0.6) is 0 Å². The summed E-state index contributed by atoms with van der Waals surface area (Å²) in [6.45, 7) is 1.77. The van der Waals surface area contributed by atoms with E-state index in [2.05, 4.69) is 10.5 Å². The maximum Gasteiger partial charge on any atom is 0.248 e. The summed E-state index contributed by atoms with van der Waals surface area (Å²) in [4.78, 5) is 12.5. The Morgan fingerprint density at radius 2 is 1.91 bits per heavy atom. The molecule has 3 aromatic rings. The van der Waals surface area contributed by atoms with Gasteiger partial charge in [0.25, 0.3) is 0 Å². The van der Waals surface area contributed by atoms with E-state index in [1.54, 1.807) is 24.3 Å². The van der Waals surface area contributed by atoms with Crippen LogP contribution in [-0.4, -0.2) is 36.9 Å². The van der Waals surface area contributed by atoms with Crippen LogP contribution in [0.25, 0.3) is 12.2 Å². The quantitative estimate of drug-likeness (QED) is 0.486. The molecule has 2 heterocycles. The summed E-state index contributed by atoms with van der Waals surface area (Å²) in [5, 5.41) is 7.08. The van der Waals surface area contributed by atoms with Gasteiger partial charge in [-0.2, -0.15) is 4.31 Å². The van der Waals surface area contributed by atoms with Crippen LogP contribution in [0.1, 0.15) is 29.9 Å². The smallest absolute Gasteiger partial charge is 0.248 e. The average Bonchev–Trinajstić information content (AvgIpc) is 3.19. The molecule has 0 unspecified atom stereocenters. The number of carbonyl (C=O) groups is 1. The molecule has 1 aromatic heterocycles. The van der Waals surface area contributed by atoms with Gasteiger partial charge in [-0.15, -0.1) is 0 Å². The molecule has 1 aliphatic heterocycles. The predicted molar refractivity (Wildman–Crippen MR) is 128 cm³/mol. The summed E-state index contributed by atoms with van der Waals surface area (Å²) in [7, 11) is -3.99. The molecule has 2 aromatic carbocycles. The van der Waals surface area contributed by atoms with Crippen LogP contribution < -0.4 is 5.32 Å². The van der Waals surface area contributed by atoms with Gasteiger partial charge in [0.2, 0.25) is 15.9 Å². The number of nitrogens with one attached hydrogen (secondary N) is 1. The van der Waals surface area contributed by atoms with Gasteiger partial charge in [0.05, 0.1) is 0 Å². The lowest BCUT2D eigenvalue weighted by molar-refractivity contribution is -0.120. The highest BCUT2D eigenvalue weighted by Crippen LogP contribution is 2.30. The minimum Gasteiger partial charge on any atom is -0.355 e. The number of amides is 1. The zero-order valence-corrected chi connectivity index (χ0v) is 20.2. The van der Waals surface area contributed by atoms with Gasteiger partial charge in [-0.1, -0.05) is 22.8 Å². The van der Waals surface area contributed by atoms with Crippen LogP contribution in [0.4, 0.5) is 14.5 Å². The van der Waals surface area contributed by atoms with Crippen molar-refractivity contribution in [2.75, 3.05) is 18.4 Å². The number of sulfonamides is 1. The lowest BCUT2D eigenvalue weighted by Gasteiger charge is -2.30. The molecule has 184 valence electrons. The number of aromatic nitrogens is 1. The van der Waals surface area contributed by atoms with Crippen molar-refractivity contribution in [1.82, 2.24) is 9.46 Å². The molecule has 1 N–H and O–H groups in total.